The summed E-state index contributed by atoms with van der Waals surface area (Å²) in [5.41, 5.74) is 2.75. The van der Waals surface area contributed by atoms with Gasteiger partial charge in [-0.05, 0) is 54.8 Å². The average Bonchev–Trinajstić information content (AvgIpc) is 2.80. The van der Waals surface area contributed by atoms with Crippen LogP contribution in [0.5, 0.6) is 5.75 Å². The van der Waals surface area contributed by atoms with Crippen molar-refractivity contribution in [1.82, 2.24) is 0 Å². The fourth-order valence-electron chi connectivity index (χ4n) is 3.43. The summed E-state index contributed by atoms with van der Waals surface area (Å²) < 4.78 is 14.7. The molecule has 1 N–H and O–H groups in total. The van der Waals surface area contributed by atoms with Crippen LogP contribution in [0.25, 0.3) is 0 Å². The average molecular weight is 412 g/mol. The summed E-state index contributed by atoms with van der Waals surface area (Å²) in [7, 11) is 4.13. The predicted octanol–water partition coefficient (Wildman–Crippen LogP) is 2.66. The molecule has 0 aromatic heterocycles. The number of carbonyl (C=O) groups is 3. The standard InChI is InChI=1S/C22H24N2O6/c1-28-18-6-7-19-14(12-18)5-4-8-24(19)20(25)13-23-17-10-15(21(26)29-2)9-16(11-17)22(27)30-3/h6-7,9-12,23H,4-5,8,13H2,1-3H3. The van der Waals surface area contributed by atoms with Gasteiger partial charge in [0.2, 0.25) is 5.91 Å². The Morgan fingerprint density at radius 2 is 1.63 bits per heavy atom. The molecular weight excluding hydrogens is 388 g/mol. The third-order valence-electron chi connectivity index (χ3n) is 4.93. The number of fused-ring (bicyclic) bond motifs is 1. The number of aryl methyl sites for hydroxylation is 1. The number of hydrogen-bond donors (Lipinski definition) is 1. The minimum absolute atomic E-state index is 0.00327. The van der Waals surface area contributed by atoms with Crippen LogP contribution >= 0.6 is 0 Å². The van der Waals surface area contributed by atoms with Crippen LogP contribution in [-0.2, 0) is 20.7 Å². The number of methoxy groups -OCH3 is 3. The van der Waals surface area contributed by atoms with E-state index in [-0.39, 0.29) is 23.6 Å². The SMILES string of the molecule is COC(=O)c1cc(NCC(=O)N2CCCc3cc(OC)ccc32)cc(C(=O)OC)c1. The zero-order valence-electron chi connectivity index (χ0n) is 17.2. The predicted molar refractivity (Wildman–Crippen MR) is 111 cm³/mol. The molecule has 30 heavy (non-hydrogen) atoms. The van der Waals surface area contributed by atoms with Gasteiger partial charge in [-0.3, -0.25) is 4.79 Å². The molecular formula is C22H24N2O6. The first-order valence-corrected chi connectivity index (χ1v) is 9.49. The van der Waals surface area contributed by atoms with Gasteiger partial charge in [0, 0.05) is 17.9 Å². The number of hydrogen-bond acceptors (Lipinski definition) is 7. The lowest BCUT2D eigenvalue weighted by atomic mass is 10.0. The second-order valence-corrected chi connectivity index (χ2v) is 6.78. The van der Waals surface area contributed by atoms with E-state index in [1.807, 2.05) is 18.2 Å². The van der Waals surface area contributed by atoms with E-state index >= 15 is 0 Å². The van der Waals surface area contributed by atoms with Crippen LogP contribution in [0.2, 0.25) is 0 Å². The third-order valence-corrected chi connectivity index (χ3v) is 4.93. The van der Waals surface area contributed by atoms with Crippen LogP contribution in [0.15, 0.2) is 36.4 Å². The number of esters is 2. The highest BCUT2D eigenvalue weighted by molar-refractivity contribution is 5.99. The van der Waals surface area contributed by atoms with E-state index in [1.54, 1.807) is 12.0 Å². The number of benzene rings is 2. The first kappa shape index (κ1) is 21.2. The van der Waals surface area contributed by atoms with Gasteiger partial charge < -0.3 is 24.4 Å². The first-order valence-electron chi connectivity index (χ1n) is 9.49. The maximum absolute atomic E-state index is 12.9. The quantitative estimate of drug-likeness (QED) is 0.729. The van der Waals surface area contributed by atoms with Crippen molar-refractivity contribution >= 4 is 29.2 Å². The summed E-state index contributed by atoms with van der Waals surface area (Å²) in [6.45, 7) is 0.617. The van der Waals surface area contributed by atoms with E-state index in [1.165, 1.54) is 32.4 Å². The number of ether oxygens (including phenoxy) is 3. The Morgan fingerprint density at radius 3 is 2.23 bits per heavy atom. The molecule has 1 heterocycles. The maximum atomic E-state index is 12.9. The van der Waals surface area contributed by atoms with E-state index in [4.69, 9.17) is 14.2 Å². The summed E-state index contributed by atoms with van der Waals surface area (Å²) in [6, 6.07) is 10.1. The van der Waals surface area contributed by atoms with Crippen molar-refractivity contribution in [3.05, 3.63) is 53.1 Å². The maximum Gasteiger partial charge on any atom is 0.337 e. The first-order chi connectivity index (χ1) is 14.5. The van der Waals surface area contributed by atoms with E-state index in [2.05, 4.69) is 5.32 Å². The smallest absolute Gasteiger partial charge is 0.337 e. The highest BCUT2D eigenvalue weighted by Crippen LogP contribution is 2.30. The molecule has 0 atom stereocenters. The minimum Gasteiger partial charge on any atom is -0.497 e. The number of anilines is 2. The zero-order valence-corrected chi connectivity index (χ0v) is 17.2. The van der Waals surface area contributed by atoms with E-state index in [9.17, 15) is 14.4 Å². The van der Waals surface area contributed by atoms with Crippen LogP contribution < -0.4 is 15.0 Å². The normalized spacial score (nSPS) is 12.6. The van der Waals surface area contributed by atoms with Crippen molar-refractivity contribution < 1.29 is 28.6 Å². The summed E-state index contributed by atoms with van der Waals surface area (Å²) in [5, 5.41) is 3.00. The van der Waals surface area contributed by atoms with Crippen molar-refractivity contribution in [3.63, 3.8) is 0 Å². The van der Waals surface area contributed by atoms with Gasteiger partial charge in [0.1, 0.15) is 5.75 Å². The number of nitrogens with zero attached hydrogens (tertiary/aromatic N) is 1. The molecule has 8 heteroatoms. The lowest BCUT2D eigenvalue weighted by Gasteiger charge is -2.30. The van der Waals surface area contributed by atoms with Gasteiger partial charge in [-0.2, -0.15) is 0 Å². The van der Waals surface area contributed by atoms with Crippen LogP contribution in [0.1, 0.15) is 32.7 Å². The van der Waals surface area contributed by atoms with Gasteiger partial charge in [0.05, 0.1) is 39.0 Å². The number of carbonyl (C=O) groups excluding carboxylic acids is 3. The summed E-state index contributed by atoms with van der Waals surface area (Å²) in [5.74, 6) is -0.539. The Labute approximate surface area is 174 Å². The van der Waals surface area contributed by atoms with Crippen molar-refractivity contribution in [2.45, 2.75) is 12.8 Å². The molecule has 2 aromatic rings. The molecule has 1 aliphatic rings. The highest BCUT2D eigenvalue weighted by Gasteiger charge is 2.23. The molecule has 0 saturated heterocycles. The molecule has 3 rings (SSSR count). The largest absolute Gasteiger partial charge is 0.497 e. The number of rotatable bonds is 6. The van der Waals surface area contributed by atoms with Crippen LogP contribution in [0.4, 0.5) is 11.4 Å². The van der Waals surface area contributed by atoms with Crippen LogP contribution in [0, 0.1) is 0 Å². The van der Waals surface area contributed by atoms with Crippen molar-refractivity contribution in [1.29, 1.82) is 0 Å². The fraction of sp³-hybridized carbons (Fsp3) is 0.318. The van der Waals surface area contributed by atoms with Gasteiger partial charge in [0.15, 0.2) is 0 Å². The molecule has 0 bridgehead atoms. The Balaban J connectivity index is 1.78. The Kier molecular flexibility index (Phi) is 6.56. The highest BCUT2D eigenvalue weighted by atomic mass is 16.5. The molecule has 0 aliphatic carbocycles. The Bertz CT molecular complexity index is 938. The summed E-state index contributed by atoms with van der Waals surface area (Å²) in [6.07, 6.45) is 1.74. The molecule has 1 amide bonds. The molecule has 2 aromatic carbocycles. The Morgan fingerprint density at radius 1 is 0.967 bits per heavy atom. The van der Waals surface area contributed by atoms with Crippen LogP contribution in [-0.4, -0.2) is 52.3 Å². The van der Waals surface area contributed by atoms with Crippen molar-refractivity contribution in [2.24, 2.45) is 0 Å². The summed E-state index contributed by atoms with van der Waals surface area (Å²) >= 11 is 0. The van der Waals surface area contributed by atoms with E-state index in [0.717, 1.165) is 29.8 Å². The van der Waals surface area contributed by atoms with Gasteiger partial charge >= 0.3 is 11.9 Å². The molecule has 1 aliphatic heterocycles. The lowest BCUT2D eigenvalue weighted by molar-refractivity contribution is -0.117. The van der Waals surface area contributed by atoms with Crippen molar-refractivity contribution in [3.8, 4) is 5.75 Å². The fourth-order valence-corrected chi connectivity index (χ4v) is 3.43. The van der Waals surface area contributed by atoms with E-state index in [0.29, 0.717) is 12.2 Å². The van der Waals surface area contributed by atoms with Gasteiger partial charge in [-0.25, -0.2) is 9.59 Å². The van der Waals surface area contributed by atoms with Gasteiger partial charge in [0.25, 0.3) is 0 Å². The molecule has 0 saturated carbocycles. The summed E-state index contributed by atoms with van der Waals surface area (Å²) in [4.78, 5) is 38.5. The zero-order chi connectivity index (χ0) is 21.7. The molecule has 0 radical (unpaired) electrons. The van der Waals surface area contributed by atoms with Crippen molar-refractivity contribution in [2.75, 3.05) is 44.6 Å². The molecule has 158 valence electrons. The molecule has 8 nitrogen and oxygen atoms in total. The lowest BCUT2D eigenvalue weighted by Crippen LogP contribution is -2.39. The second kappa shape index (κ2) is 9.30. The van der Waals surface area contributed by atoms with Gasteiger partial charge in [-0.1, -0.05) is 0 Å². The molecule has 0 unspecified atom stereocenters. The minimum atomic E-state index is -0.589. The Hall–Kier alpha value is -3.55. The molecule has 0 fully saturated rings. The van der Waals surface area contributed by atoms with Crippen LogP contribution in [0.3, 0.4) is 0 Å². The topological polar surface area (TPSA) is 94.2 Å². The third kappa shape index (κ3) is 4.53. The number of amides is 1. The number of nitrogens with one attached hydrogen (secondary N) is 1. The second-order valence-electron chi connectivity index (χ2n) is 6.78. The van der Waals surface area contributed by atoms with Gasteiger partial charge in [-0.15, -0.1) is 0 Å². The van der Waals surface area contributed by atoms with E-state index < -0.39 is 11.9 Å². The molecule has 0 spiro atoms. The monoisotopic (exact) mass is 412 g/mol.